The van der Waals surface area contributed by atoms with E-state index >= 15 is 0 Å². The maximum absolute atomic E-state index is 12.3. The minimum atomic E-state index is -0.489. The van der Waals surface area contributed by atoms with Crippen LogP contribution in [-0.2, 0) is 4.79 Å². The van der Waals surface area contributed by atoms with Crippen molar-refractivity contribution in [1.29, 1.82) is 0 Å². The molecule has 0 aliphatic rings. The average molecular weight is 255 g/mol. The van der Waals surface area contributed by atoms with E-state index in [1.807, 2.05) is 38.3 Å². The summed E-state index contributed by atoms with van der Waals surface area (Å²) in [5, 5.41) is 11.4. The molecule has 17 heavy (non-hydrogen) atoms. The van der Waals surface area contributed by atoms with Crippen molar-refractivity contribution in [3.05, 3.63) is 22.4 Å². The molecule has 2 atom stereocenters. The van der Waals surface area contributed by atoms with Crippen LogP contribution in [0.4, 0.5) is 0 Å². The minimum Gasteiger partial charge on any atom is -0.392 e. The van der Waals surface area contributed by atoms with Gasteiger partial charge in [-0.3, -0.25) is 4.79 Å². The third-order valence-corrected chi connectivity index (χ3v) is 3.76. The summed E-state index contributed by atoms with van der Waals surface area (Å²) in [5.41, 5.74) is 0. The van der Waals surface area contributed by atoms with Crippen molar-refractivity contribution in [1.82, 2.24) is 4.90 Å². The van der Waals surface area contributed by atoms with Gasteiger partial charge in [-0.1, -0.05) is 6.07 Å². The summed E-state index contributed by atoms with van der Waals surface area (Å²) < 4.78 is 0. The van der Waals surface area contributed by atoms with Gasteiger partial charge >= 0.3 is 0 Å². The van der Waals surface area contributed by atoms with Crippen LogP contribution in [0.3, 0.4) is 0 Å². The summed E-state index contributed by atoms with van der Waals surface area (Å²) in [5.74, 6) is -0.0421. The van der Waals surface area contributed by atoms with E-state index in [9.17, 15) is 9.90 Å². The molecule has 0 saturated carbocycles. The Balaban J connectivity index is 2.77. The molecule has 0 radical (unpaired) electrons. The van der Waals surface area contributed by atoms with Gasteiger partial charge in [-0.2, -0.15) is 0 Å². The van der Waals surface area contributed by atoms with Crippen LogP contribution in [0.1, 0.15) is 38.5 Å². The summed E-state index contributed by atoms with van der Waals surface area (Å²) in [6, 6.07) is 4.05. The van der Waals surface area contributed by atoms with Gasteiger partial charge < -0.3 is 10.0 Å². The van der Waals surface area contributed by atoms with Gasteiger partial charge in [0, 0.05) is 17.5 Å². The van der Waals surface area contributed by atoms with Crippen molar-refractivity contribution in [2.75, 3.05) is 6.54 Å². The molecule has 1 aromatic heterocycles. The molecule has 1 aromatic rings. The molecular weight excluding hydrogens is 234 g/mol. The number of carbonyl (C=O) groups excluding carboxylic acids is 1. The highest BCUT2D eigenvalue weighted by atomic mass is 32.1. The lowest BCUT2D eigenvalue weighted by Gasteiger charge is -2.30. The quantitative estimate of drug-likeness (QED) is 0.878. The lowest BCUT2D eigenvalue weighted by Crippen LogP contribution is -2.43. The van der Waals surface area contributed by atoms with E-state index in [0.29, 0.717) is 6.54 Å². The smallest absolute Gasteiger partial charge is 0.230 e. The van der Waals surface area contributed by atoms with Gasteiger partial charge in [0.25, 0.3) is 0 Å². The molecule has 0 unspecified atom stereocenters. The van der Waals surface area contributed by atoms with Gasteiger partial charge in [0.2, 0.25) is 5.91 Å². The Morgan fingerprint density at radius 2 is 2.06 bits per heavy atom. The summed E-state index contributed by atoms with van der Waals surface area (Å²) in [4.78, 5) is 15.2. The molecule has 0 aromatic carbocycles. The molecule has 0 fully saturated rings. The molecule has 0 spiro atoms. The SMILES string of the molecule is CC(C)N(C[C@@H](C)O)C(=O)[C@@H](C)c1cccs1. The van der Waals surface area contributed by atoms with Crippen LogP contribution in [0, 0.1) is 0 Å². The second-order valence-corrected chi connectivity index (χ2v) is 5.65. The second kappa shape index (κ2) is 6.17. The number of aliphatic hydroxyl groups is 1. The zero-order valence-electron chi connectivity index (χ0n) is 10.9. The van der Waals surface area contributed by atoms with Crippen molar-refractivity contribution in [3.8, 4) is 0 Å². The van der Waals surface area contributed by atoms with Crippen LogP contribution >= 0.6 is 11.3 Å². The first-order chi connectivity index (χ1) is 7.93. The molecule has 1 rings (SSSR count). The lowest BCUT2D eigenvalue weighted by atomic mass is 10.1. The number of carbonyl (C=O) groups is 1. The first kappa shape index (κ1) is 14.2. The average Bonchev–Trinajstić information content (AvgIpc) is 2.76. The van der Waals surface area contributed by atoms with Gasteiger partial charge in [0.05, 0.1) is 12.0 Å². The number of thiophene rings is 1. The van der Waals surface area contributed by atoms with Gasteiger partial charge in [-0.15, -0.1) is 11.3 Å². The zero-order chi connectivity index (χ0) is 13.0. The maximum Gasteiger partial charge on any atom is 0.230 e. The standard InChI is InChI=1S/C13H21NO2S/c1-9(2)14(8-10(3)15)13(16)11(4)12-6-5-7-17-12/h5-7,9-11,15H,8H2,1-4H3/t10-,11+/m1/s1. The van der Waals surface area contributed by atoms with Crippen LogP contribution in [0.25, 0.3) is 0 Å². The van der Waals surface area contributed by atoms with Crippen LogP contribution in [0.15, 0.2) is 17.5 Å². The minimum absolute atomic E-state index is 0.0864. The topological polar surface area (TPSA) is 40.5 Å². The lowest BCUT2D eigenvalue weighted by molar-refractivity contribution is -0.135. The van der Waals surface area contributed by atoms with Crippen molar-refractivity contribution >= 4 is 17.2 Å². The van der Waals surface area contributed by atoms with E-state index in [1.165, 1.54) is 0 Å². The molecule has 1 N–H and O–H groups in total. The Labute approximate surface area is 107 Å². The fraction of sp³-hybridized carbons (Fsp3) is 0.615. The Kier molecular flexibility index (Phi) is 5.15. The predicted molar refractivity (Wildman–Crippen MR) is 71.3 cm³/mol. The Morgan fingerprint density at radius 3 is 2.47 bits per heavy atom. The largest absolute Gasteiger partial charge is 0.392 e. The molecular formula is C13H21NO2S. The predicted octanol–water partition coefficient (Wildman–Crippen LogP) is 2.47. The van der Waals surface area contributed by atoms with Crippen molar-refractivity contribution < 1.29 is 9.90 Å². The molecule has 0 aliphatic heterocycles. The van der Waals surface area contributed by atoms with Crippen LogP contribution < -0.4 is 0 Å². The fourth-order valence-corrected chi connectivity index (χ4v) is 2.52. The van der Waals surface area contributed by atoms with Crippen LogP contribution in [-0.4, -0.2) is 34.6 Å². The summed E-state index contributed by atoms with van der Waals surface area (Å²) in [6.45, 7) is 7.97. The van der Waals surface area contributed by atoms with Crippen molar-refractivity contribution in [2.24, 2.45) is 0 Å². The normalized spacial score (nSPS) is 14.7. The third kappa shape index (κ3) is 3.82. The monoisotopic (exact) mass is 255 g/mol. The number of hydrogen-bond donors (Lipinski definition) is 1. The van der Waals surface area contributed by atoms with E-state index in [0.717, 1.165) is 4.88 Å². The van der Waals surface area contributed by atoms with Gasteiger partial charge in [-0.05, 0) is 39.1 Å². The Hall–Kier alpha value is -0.870. The number of amides is 1. The van der Waals surface area contributed by atoms with E-state index in [1.54, 1.807) is 23.2 Å². The second-order valence-electron chi connectivity index (χ2n) is 4.67. The number of hydrogen-bond acceptors (Lipinski definition) is 3. The van der Waals surface area contributed by atoms with E-state index in [-0.39, 0.29) is 17.9 Å². The maximum atomic E-state index is 12.3. The first-order valence-electron chi connectivity index (χ1n) is 5.95. The molecule has 1 heterocycles. The van der Waals surface area contributed by atoms with Crippen LogP contribution in [0.5, 0.6) is 0 Å². The molecule has 3 nitrogen and oxygen atoms in total. The number of aliphatic hydroxyl groups excluding tert-OH is 1. The Morgan fingerprint density at radius 1 is 1.41 bits per heavy atom. The number of rotatable bonds is 5. The highest BCUT2D eigenvalue weighted by Gasteiger charge is 2.25. The third-order valence-electron chi connectivity index (χ3n) is 2.71. The highest BCUT2D eigenvalue weighted by molar-refractivity contribution is 7.10. The van der Waals surface area contributed by atoms with Gasteiger partial charge in [0.1, 0.15) is 0 Å². The van der Waals surface area contributed by atoms with Gasteiger partial charge in [0.15, 0.2) is 0 Å². The first-order valence-corrected chi connectivity index (χ1v) is 6.83. The van der Waals surface area contributed by atoms with Crippen molar-refractivity contribution in [2.45, 2.75) is 45.8 Å². The van der Waals surface area contributed by atoms with Gasteiger partial charge in [-0.25, -0.2) is 0 Å². The molecule has 96 valence electrons. The zero-order valence-corrected chi connectivity index (χ0v) is 11.7. The van der Waals surface area contributed by atoms with E-state index < -0.39 is 6.10 Å². The Bertz CT molecular complexity index is 346. The molecule has 4 heteroatoms. The van der Waals surface area contributed by atoms with Crippen LogP contribution in [0.2, 0.25) is 0 Å². The van der Waals surface area contributed by atoms with Crippen molar-refractivity contribution in [3.63, 3.8) is 0 Å². The molecule has 1 amide bonds. The fourth-order valence-electron chi connectivity index (χ4n) is 1.75. The number of nitrogens with zero attached hydrogens (tertiary/aromatic N) is 1. The van der Waals surface area contributed by atoms with E-state index in [4.69, 9.17) is 0 Å². The molecule has 0 aliphatic carbocycles. The summed E-state index contributed by atoms with van der Waals surface area (Å²) in [7, 11) is 0. The summed E-state index contributed by atoms with van der Waals surface area (Å²) >= 11 is 1.60. The van der Waals surface area contributed by atoms with E-state index in [2.05, 4.69) is 0 Å². The molecule has 0 saturated heterocycles. The summed E-state index contributed by atoms with van der Waals surface area (Å²) in [6.07, 6.45) is -0.489. The highest BCUT2D eigenvalue weighted by Crippen LogP contribution is 2.23. The molecule has 0 bridgehead atoms.